The number of halogens is 3. The second-order valence-corrected chi connectivity index (χ2v) is 15.4. The number of carbonyl (C=O) groups excluding carboxylic acids is 1. The van der Waals surface area contributed by atoms with E-state index in [0.29, 0.717) is 45.1 Å². The van der Waals surface area contributed by atoms with Gasteiger partial charge in [0.05, 0.1) is 19.8 Å². The molecule has 3 rings (SSSR count). The molecule has 3 heterocycles. The molecule has 1 aromatic heterocycles. The highest BCUT2D eigenvalue weighted by molar-refractivity contribution is 6.74. The van der Waals surface area contributed by atoms with Gasteiger partial charge in [-0.3, -0.25) is 0 Å². The number of amides is 1. The topological polar surface area (TPSA) is 77.0 Å². The van der Waals surface area contributed by atoms with Gasteiger partial charge >= 0.3 is 12.3 Å². The lowest BCUT2D eigenvalue weighted by molar-refractivity contribution is -0.213. The molecule has 8 nitrogen and oxygen atoms in total. The van der Waals surface area contributed by atoms with Crippen molar-refractivity contribution >= 4 is 20.4 Å². The van der Waals surface area contributed by atoms with E-state index in [0.717, 1.165) is 18.8 Å². The van der Waals surface area contributed by atoms with Crippen LogP contribution in [0.4, 0.5) is 23.9 Å². The third kappa shape index (κ3) is 7.29. The molecular formula is C23H37F3N4O4Si. The fourth-order valence-corrected chi connectivity index (χ4v) is 4.76. The van der Waals surface area contributed by atoms with Crippen molar-refractivity contribution in [3.05, 3.63) is 18.0 Å². The van der Waals surface area contributed by atoms with Crippen molar-refractivity contribution < 1.29 is 31.9 Å². The summed E-state index contributed by atoms with van der Waals surface area (Å²) in [4.78, 5) is 25.1. The molecule has 1 aromatic rings. The van der Waals surface area contributed by atoms with Crippen molar-refractivity contribution in [2.45, 2.75) is 69.9 Å². The van der Waals surface area contributed by atoms with Crippen LogP contribution in [0.5, 0.6) is 0 Å². The highest BCUT2D eigenvalue weighted by Gasteiger charge is 2.46. The van der Waals surface area contributed by atoms with Crippen LogP contribution in [0.15, 0.2) is 12.3 Å². The Bertz CT molecular complexity index is 852. The van der Waals surface area contributed by atoms with Gasteiger partial charge in [0.1, 0.15) is 0 Å². The first-order valence-corrected chi connectivity index (χ1v) is 15.0. The normalized spacial score (nSPS) is 19.5. The van der Waals surface area contributed by atoms with Crippen LogP contribution >= 0.6 is 0 Å². The van der Waals surface area contributed by atoms with Gasteiger partial charge in [-0.25, -0.2) is 14.8 Å². The predicted molar refractivity (Wildman–Crippen MR) is 128 cm³/mol. The van der Waals surface area contributed by atoms with Crippen molar-refractivity contribution in [2.75, 3.05) is 50.9 Å². The lowest BCUT2D eigenvalue weighted by Crippen LogP contribution is -2.48. The fourth-order valence-electron chi connectivity index (χ4n) is 3.75. The van der Waals surface area contributed by atoms with Crippen LogP contribution in [-0.2, 0) is 13.9 Å². The van der Waals surface area contributed by atoms with Crippen LogP contribution in [-0.4, -0.2) is 87.6 Å². The van der Waals surface area contributed by atoms with Crippen LogP contribution in [0.25, 0.3) is 0 Å². The number of anilines is 1. The summed E-state index contributed by atoms with van der Waals surface area (Å²) in [7, 11) is -2.43. The molecule has 198 valence electrons. The number of morpholine rings is 1. The zero-order valence-corrected chi connectivity index (χ0v) is 22.2. The second-order valence-electron chi connectivity index (χ2n) is 10.6. The SMILES string of the molecule is CC(C)(C)[Si](C)(C)OCC(OC(=O)N1CCC(c2ccnc(N3CCOCC3)n2)CC1)C(F)(F)F. The quantitative estimate of drug-likeness (QED) is 0.510. The van der Waals surface area contributed by atoms with Crippen LogP contribution in [0.1, 0.15) is 45.2 Å². The molecule has 0 bridgehead atoms. The average molecular weight is 519 g/mol. The van der Waals surface area contributed by atoms with Gasteiger partial charge in [0, 0.05) is 44.0 Å². The lowest BCUT2D eigenvalue weighted by atomic mass is 9.93. The molecule has 0 radical (unpaired) electrons. The summed E-state index contributed by atoms with van der Waals surface area (Å²) in [6.07, 6.45) is -5.05. The van der Waals surface area contributed by atoms with Gasteiger partial charge in [0.15, 0.2) is 8.32 Å². The van der Waals surface area contributed by atoms with E-state index in [1.165, 1.54) is 4.90 Å². The molecule has 35 heavy (non-hydrogen) atoms. The maximum absolute atomic E-state index is 13.6. The summed E-state index contributed by atoms with van der Waals surface area (Å²) in [6.45, 7) is 12.2. The predicted octanol–water partition coefficient (Wildman–Crippen LogP) is 4.58. The number of alkyl halides is 3. The zero-order valence-electron chi connectivity index (χ0n) is 21.2. The number of nitrogens with zero attached hydrogens (tertiary/aromatic N) is 4. The van der Waals surface area contributed by atoms with Crippen molar-refractivity contribution in [1.82, 2.24) is 14.9 Å². The number of ether oxygens (including phenoxy) is 2. The first-order valence-electron chi connectivity index (χ1n) is 12.1. The highest BCUT2D eigenvalue weighted by atomic mass is 28.4. The molecule has 1 amide bonds. The van der Waals surface area contributed by atoms with Gasteiger partial charge in [0.2, 0.25) is 12.1 Å². The number of likely N-dealkylation sites (tertiary alicyclic amines) is 1. The average Bonchev–Trinajstić information content (AvgIpc) is 2.81. The molecule has 1 atom stereocenters. The molecule has 0 N–H and O–H groups in total. The van der Waals surface area contributed by atoms with E-state index in [9.17, 15) is 18.0 Å². The fraction of sp³-hybridized carbons (Fsp3) is 0.783. The third-order valence-electron chi connectivity index (χ3n) is 7.14. The standard InChI is InChI=1S/C23H37F3N4O4Si/c1-22(2,3)35(4,5)33-16-19(23(24,25)26)34-21(31)30-10-7-17(8-11-30)18-6-9-27-20(28-18)29-12-14-32-15-13-29/h6,9,17,19H,7-8,10-16H2,1-5H3. The minimum atomic E-state index is -4.70. The van der Waals surface area contributed by atoms with Gasteiger partial charge in [0.25, 0.3) is 0 Å². The summed E-state index contributed by atoms with van der Waals surface area (Å²) >= 11 is 0. The highest BCUT2D eigenvalue weighted by Crippen LogP contribution is 2.37. The lowest BCUT2D eigenvalue weighted by Gasteiger charge is -2.38. The van der Waals surface area contributed by atoms with Crippen LogP contribution in [0.2, 0.25) is 18.1 Å². The molecular weight excluding hydrogens is 481 g/mol. The second kappa shape index (κ2) is 11.0. The molecule has 12 heteroatoms. The van der Waals surface area contributed by atoms with Crippen LogP contribution < -0.4 is 4.90 Å². The Balaban J connectivity index is 1.56. The summed E-state index contributed by atoms with van der Waals surface area (Å²) in [5.74, 6) is 0.754. The molecule has 2 saturated heterocycles. The summed E-state index contributed by atoms with van der Waals surface area (Å²) in [6, 6.07) is 1.86. The van der Waals surface area contributed by atoms with Gasteiger partial charge in [-0.2, -0.15) is 13.2 Å². The van der Waals surface area contributed by atoms with E-state index in [1.807, 2.05) is 39.9 Å². The minimum absolute atomic E-state index is 0.0992. The monoisotopic (exact) mass is 518 g/mol. The Morgan fingerprint density at radius 2 is 1.80 bits per heavy atom. The van der Waals surface area contributed by atoms with E-state index < -0.39 is 33.3 Å². The maximum atomic E-state index is 13.6. The molecule has 2 aliphatic heterocycles. The van der Waals surface area contributed by atoms with E-state index in [4.69, 9.17) is 18.9 Å². The van der Waals surface area contributed by atoms with E-state index >= 15 is 0 Å². The van der Waals surface area contributed by atoms with Gasteiger partial charge in [-0.05, 0) is 37.0 Å². The van der Waals surface area contributed by atoms with Crippen molar-refractivity contribution in [3.8, 4) is 0 Å². The Morgan fingerprint density at radius 1 is 1.17 bits per heavy atom. The Labute approximate surface area is 206 Å². The van der Waals surface area contributed by atoms with Gasteiger partial charge in [-0.1, -0.05) is 20.8 Å². The summed E-state index contributed by atoms with van der Waals surface area (Å²) < 4.78 is 56.8. The van der Waals surface area contributed by atoms with E-state index in [2.05, 4.69) is 9.88 Å². The Hall–Kier alpha value is -1.92. The molecule has 2 aliphatic rings. The Kier molecular flexibility index (Phi) is 8.69. The largest absolute Gasteiger partial charge is 0.434 e. The number of carbonyl (C=O) groups is 1. The molecule has 0 aromatic carbocycles. The van der Waals surface area contributed by atoms with Gasteiger partial charge < -0.3 is 23.7 Å². The number of hydrogen-bond donors (Lipinski definition) is 0. The number of hydrogen-bond acceptors (Lipinski definition) is 7. The number of aromatic nitrogens is 2. The van der Waals surface area contributed by atoms with Crippen LogP contribution in [0.3, 0.4) is 0 Å². The van der Waals surface area contributed by atoms with Crippen molar-refractivity contribution in [1.29, 1.82) is 0 Å². The van der Waals surface area contributed by atoms with Crippen molar-refractivity contribution in [2.24, 2.45) is 0 Å². The minimum Gasteiger partial charge on any atom is -0.434 e. The number of piperidine rings is 1. The summed E-state index contributed by atoms with van der Waals surface area (Å²) in [5.41, 5.74) is 0.880. The zero-order chi connectivity index (χ0) is 25.9. The van der Waals surface area contributed by atoms with Crippen LogP contribution in [0, 0.1) is 0 Å². The van der Waals surface area contributed by atoms with Gasteiger partial charge in [-0.15, -0.1) is 0 Å². The van der Waals surface area contributed by atoms with E-state index in [-0.39, 0.29) is 11.0 Å². The summed E-state index contributed by atoms with van der Waals surface area (Å²) in [5, 5.41) is -0.252. The maximum Gasteiger partial charge on any atom is 0.427 e. The molecule has 0 saturated carbocycles. The molecule has 0 spiro atoms. The smallest absolute Gasteiger partial charge is 0.427 e. The first-order chi connectivity index (χ1) is 16.3. The van der Waals surface area contributed by atoms with E-state index in [1.54, 1.807) is 6.20 Å². The third-order valence-corrected chi connectivity index (χ3v) is 11.6. The first kappa shape index (κ1) is 27.7. The molecule has 1 unspecified atom stereocenters. The number of rotatable bonds is 6. The molecule has 0 aliphatic carbocycles. The Morgan fingerprint density at radius 3 is 2.37 bits per heavy atom. The molecule has 2 fully saturated rings. The van der Waals surface area contributed by atoms with Crippen molar-refractivity contribution in [3.63, 3.8) is 0 Å².